The van der Waals surface area contributed by atoms with Gasteiger partial charge in [0.1, 0.15) is 11.9 Å². The monoisotopic (exact) mass is 294 g/mol. The van der Waals surface area contributed by atoms with Crippen molar-refractivity contribution in [3.8, 4) is 11.6 Å². The van der Waals surface area contributed by atoms with Crippen LogP contribution in [0.15, 0.2) is 47.5 Å². The molecule has 0 N–H and O–H groups in total. The van der Waals surface area contributed by atoms with E-state index in [1.807, 2.05) is 0 Å². The predicted octanol–water partition coefficient (Wildman–Crippen LogP) is 2.19. The molecule has 104 valence electrons. The molecule has 1 heterocycles. The molecule has 0 radical (unpaired) electrons. The van der Waals surface area contributed by atoms with Gasteiger partial charge < -0.3 is 4.74 Å². The molecular weight excluding hydrogens is 284 g/mol. The Morgan fingerprint density at radius 2 is 1.80 bits per heavy atom. The van der Waals surface area contributed by atoms with Crippen LogP contribution in [0.2, 0.25) is 0 Å². The highest BCUT2D eigenvalue weighted by atomic mass is 32.2. The van der Waals surface area contributed by atoms with E-state index in [4.69, 9.17) is 4.74 Å². The molecule has 0 aliphatic carbocycles. The quantitative estimate of drug-likeness (QED) is 0.633. The highest BCUT2D eigenvalue weighted by molar-refractivity contribution is 7.90. The minimum Gasteiger partial charge on any atom is -0.439 e. The Balaban J connectivity index is 2.16. The summed E-state index contributed by atoms with van der Waals surface area (Å²) in [5.74, 6) is 0.571. The summed E-state index contributed by atoms with van der Waals surface area (Å²) in [7, 11) is -3.25. The number of rotatable bonds is 4. The van der Waals surface area contributed by atoms with Crippen molar-refractivity contribution >= 4 is 15.5 Å². The van der Waals surface area contributed by atoms with Gasteiger partial charge in [-0.2, -0.15) is 0 Å². The van der Waals surface area contributed by atoms with Crippen LogP contribution in [0.25, 0.3) is 0 Å². The summed E-state index contributed by atoms with van der Waals surface area (Å²) >= 11 is 0. The molecular formula is C12H10N2O5S. The standard InChI is InChI=1S/C12H10N2O5S/c1-20(17,18)11-5-3-10(4-6-11)19-12-7-2-9(8-13-12)14(15)16/h2-8H,1H3. The summed E-state index contributed by atoms with van der Waals surface area (Å²) in [5.41, 5.74) is -0.134. The molecule has 0 saturated carbocycles. The number of hydrogen-bond acceptors (Lipinski definition) is 6. The van der Waals surface area contributed by atoms with Crippen LogP contribution in [-0.2, 0) is 9.84 Å². The summed E-state index contributed by atoms with van der Waals surface area (Å²) < 4.78 is 27.9. The van der Waals surface area contributed by atoms with Gasteiger partial charge in [0.15, 0.2) is 9.84 Å². The van der Waals surface area contributed by atoms with E-state index in [1.165, 1.54) is 36.4 Å². The van der Waals surface area contributed by atoms with E-state index in [1.54, 1.807) is 0 Å². The molecule has 2 rings (SSSR count). The third-order valence-electron chi connectivity index (χ3n) is 2.41. The average Bonchev–Trinajstić information content (AvgIpc) is 2.39. The summed E-state index contributed by atoms with van der Waals surface area (Å²) in [5, 5.41) is 10.5. The number of nitrogens with zero attached hydrogens (tertiary/aromatic N) is 2. The van der Waals surface area contributed by atoms with Crippen molar-refractivity contribution in [2.75, 3.05) is 6.26 Å². The van der Waals surface area contributed by atoms with Gasteiger partial charge >= 0.3 is 0 Å². The van der Waals surface area contributed by atoms with E-state index < -0.39 is 14.8 Å². The molecule has 0 saturated heterocycles. The first kappa shape index (κ1) is 13.9. The minimum atomic E-state index is -3.25. The SMILES string of the molecule is CS(=O)(=O)c1ccc(Oc2ccc([N+](=O)[O-])cn2)cc1. The molecule has 7 nitrogen and oxygen atoms in total. The Morgan fingerprint density at radius 1 is 1.15 bits per heavy atom. The van der Waals surface area contributed by atoms with E-state index in [0.29, 0.717) is 5.75 Å². The van der Waals surface area contributed by atoms with Gasteiger partial charge in [-0.05, 0) is 24.3 Å². The molecule has 0 aliphatic rings. The fraction of sp³-hybridized carbons (Fsp3) is 0.0833. The van der Waals surface area contributed by atoms with Crippen LogP contribution in [0.3, 0.4) is 0 Å². The van der Waals surface area contributed by atoms with Crippen molar-refractivity contribution in [1.29, 1.82) is 0 Å². The number of benzene rings is 1. The van der Waals surface area contributed by atoms with Crippen LogP contribution in [-0.4, -0.2) is 24.6 Å². The van der Waals surface area contributed by atoms with Crippen molar-refractivity contribution in [3.05, 3.63) is 52.7 Å². The minimum absolute atomic E-state index is 0.134. The van der Waals surface area contributed by atoms with Crippen LogP contribution < -0.4 is 4.74 Å². The van der Waals surface area contributed by atoms with E-state index in [0.717, 1.165) is 12.5 Å². The molecule has 0 spiro atoms. The molecule has 20 heavy (non-hydrogen) atoms. The van der Waals surface area contributed by atoms with Gasteiger partial charge in [-0.25, -0.2) is 13.4 Å². The number of aromatic nitrogens is 1. The van der Waals surface area contributed by atoms with Crippen LogP contribution in [0.5, 0.6) is 11.6 Å². The second-order valence-electron chi connectivity index (χ2n) is 3.96. The number of nitro groups is 1. The molecule has 0 amide bonds. The smallest absolute Gasteiger partial charge is 0.287 e. The first-order valence-electron chi connectivity index (χ1n) is 5.45. The van der Waals surface area contributed by atoms with Crippen LogP contribution >= 0.6 is 0 Å². The predicted molar refractivity (Wildman–Crippen MR) is 70.5 cm³/mol. The number of ether oxygens (including phenoxy) is 1. The topological polar surface area (TPSA) is 99.4 Å². The Kier molecular flexibility index (Phi) is 3.66. The Hall–Kier alpha value is -2.48. The third-order valence-corrected chi connectivity index (χ3v) is 3.53. The number of pyridine rings is 1. The van der Waals surface area contributed by atoms with Crippen molar-refractivity contribution in [2.24, 2.45) is 0 Å². The van der Waals surface area contributed by atoms with Crippen molar-refractivity contribution in [3.63, 3.8) is 0 Å². The Bertz CT molecular complexity index is 723. The zero-order chi connectivity index (χ0) is 14.8. The second-order valence-corrected chi connectivity index (χ2v) is 5.97. The van der Waals surface area contributed by atoms with Gasteiger partial charge in [-0.15, -0.1) is 0 Å². The maximum Gasteiger partial charge on any atom is 0.287 e. The summed E-state index contributed by atoms with van der Waals surface area (Å²) in [6.07, 6.45) is 2.20. The lowest BCUT2D eigenvalue weighted by Crippen LogP contribution is -1.96. The highest BCUT2D eigenvalue weighted by Gasteiger charge is 2.08. The molecule has 1 aromatic heterocycles. The van der Waals surface area contributed by atoms with E-state index in [2.05, 4.69) is 4.98 Å². The zero-order valence-corrected chi connectivity index (χ0v) is 11.2. The summed E-state index contributed by atoms with van der Waals surface area (Å²) in [4.78, 5) is 13.9. The maximum absolute atomic E-state index is 11.3. The average molecular weight is 294 g/mol. The number of hydrogen-bond donors (Lipinski definition) is 0. The first-order valence-corrected chi connectivity index (χ1v) is 7.34. The molecule has 0 bridgehead atoms. The van der Waals surface area contributed by atoms with Crippen LogP contribution in [0, 0.1) is 10.1 Å². The molecule has 0 fully saturated rings. The van der Waals surface area contributed by atoms with Gasteiger partial charge in [0.25, 0.3) is 5.69 Å². The molecule has 1 aromatic carbocycles. The van der Waals surface area contributed by atoms with Crippen LogP contribution in [0.4, 0.5) is 5.69 Å². The lowest BCUT2D eigenvalue weighted by Gasteiger charge is -2.05. The van der Waals surface area contributed by atoms with Crippen molar-refractivity contribution < 1.29 is 18.1 Å². The Morgan fingerprint density at radius 3 is 2.25 bits per heavy atom. The largest absolute Gasteiger partial charge is 0.439 e. The van der Waals surface area contributed by atoms with Gasteiger partial charge in [0.2, 0.25) is 5.88 Å². The van der Waals surface area contributed by atoms with Crippen molar-refractivity contribution in [1.82, 2.24) is 4.98 Å². The zero-order valence-electron chi connectivity index (χ0n) is 10.4. The summed E-state index contributed by atoms with van der Waals surface area (Å²) in [6, 6.07) is 8.43. The lowest BCUT2D eigenvalue weighted by molar-refractivity contribution is -0.385. The second kappa shape index (κ2) is 5.25. The van der Waals surface area contributed by atoms with E-state index in [-0.39, 0.29) is 16.5 Å². The van der Waals surface area contributed by atoms with Gasteiger partial charge in [0.05, 0.1) is 9.82 Å². The molecule has 0 unspecified atom stereocenters. The van der Waals surface area contributed by atoms with Gasteiger partial charge in [0, 0.05) is 18.4 Å². The van der Waals surface area contributed by atoms with E-state index in [9.17, 15) is 18.5 Å². The van der Waals surface area contributed by atoms with Crippen molar-refractivity contribution in [2.45, 2.75) is 4.90 Å². The lowest BCUT2D eigenvalue weighted by atomic mass is 10.3. The Labute approximate surface area is 114 Å². The molecule has 8 heteroatoms. The normalized spacial score (nSPS) is 11.1. The third kappa shape index (κ3) is 3.29. The maximum atomic E-state index is 11.3. The van der Waals surface area contributed by atoms with E-state index >= 15 is 0 Å². The molecule has 2 aromatic rings. The number of sulfone groups is 1. The van der Waals surface area contributed by atoms with Gasteiger partial charge in [-0.3, -0.25) is 10.1 Å². The highest BCUT2D eigenvalue weighted by Crippen LogP contribution is 2.22. The van der Waals surface area contributed by atoms with Crippen LogP contribution in [0.1, 0.15) is 0 Å². The van der Waals surface area contributed by atoms with Gasteiger partial charge in [-0.1, -0.05) is 0 Å². The fourth-order valence-corrected chi connectivity index (χ4v) is 2.05. The molecule has 0 atom stereocenters. The molecule has 0 aliphatic heterocycles. The summed E-state index contributed by atoms with van der Waals surface area (Å²) in [6.45, 7) is 0. The fourth-order valence-electron chi connectivity index (χ4n) is 1.42. The first-order chi connectivity index (χ1) is 9.36.